The highest BCUT2D eigenvalue weighted by atomic mass is 127. The Hall–Kier alpha value is -1.96. The van der Waals surface area contributed by atoms with Crippen LogP contribution in [0, 0.1) is 3.57 Å². The number of benzene rings is 3. The molecule has 0 radical (unpaired) electrons. The van der Waals surface area contributed by atoms with E-state index in [1.807, 2.05) is 59.5 Å². The first kappa shape index (κ1) is 21.3. The van der Waals surface area contributed by atoms with Crippen LogP contribution in [0.1, 0.15) is 27.5 Å². The van der Waals surface area contributed by atoms with Gasteiger partial charge in [0.25, 0.3) is 5.91 Å². The molecule has 3 aromatic rings. The van der Waals surface area contributed by atoms with Crippen LogP contribution in [0.2, 0.25) is 10.0 Å². The van der Waals surface area contributed by atoms with E-state index in [4.69, 9.17) is 28.9 Å². The quantitative estimate of drug-likeness (QED) is 0.307. The van der Waals surface area contributed by atoms with E-state index >= 15 is 0 Å². The van der Waals surface area contributed by atoms with E-state index in [1.54, 1.807) is 6.07 Å². The minimum atomic E-state index is -0.131. The lowest BCUT2D eigenvalue weighted by Gasteiger charge is -2.30. The van der Waals surface area contributed by atoms with Crippen molar-refractivity contribution in [1.82, 2.24) is 4.90 Å². The van der Waals surface area contributed by atoms with Crippen LogP contribution in [0.25, 0.3) is 0 Å². The molecule has 0 saturated heterocycles. The fourth-order valence-electron chi connectivity index (χ4n) is 3.74. The van der Waals surface area contributed by atoms with Gasteiger partial charge in [-0.25, -0.2) is 0 Å². The second-order valence-corrected chi connectivity index (χ2v) is 9.35. The van der Waals surface area contributed by atoms with Gasteiger partial charge < -0.3 is 16.0 Å². The number of fused-ring (bicyclic) bond motifs is 1. The summed E-state index contributed by atoms with van der Waals surface area (Å²) < 4.78 is 1.02. The molecule has 1 aliphatic rings. The first-order chi connectivity index (χ1) is 14.4. The number of nitrogens with one attached hydrogen (secondary N) is 1. The summed E-state index contributed by atoms with van der Waals surface area (Å²) in [6.07, 6.45) is 0.637. The minimum absolute atomic E-state index is 0.000927. The van der Waals surface area contributed by atoms with Crippen molar-refractivity contribution in [3.63, 3.8) is 0 Å². The number of anilines is 2. The first-order valence-electron chi connectivity index (χ1n) is 9.56. The van der Waals surface area contributed by atoms with Crippen molar-refractivity contribution >= 4 is 63.1 Å². The molecule has 1 aliphatic heterocycles. The third kappa shape index (κ3) is 4.53. The lowest BCUT2D eigenvalue weighted by atomic mass is 10.0. The zero-order valence-corrected chi connectivity index (χ0v) is 19.7. The van der Waals surface area contributed by atoms with Crippen molar-refractivity contribution in [2.45, 2.75) is 12.5 Å². The van der Waals surface area contributed by atoms with Gasteiger partial charge in [0.1, 0.15) is 0 Å². The molecule has 1 heterocycles. The Morgan fingerprint density at radius 1 is 1.03 bits per heavy atom. The SMILES string of the molecule is Nc1cc(Cl)ccc1CCN1C(=O)c2cc(I)ccc2NCC1c1ccc(Cl)cc1. The van der Waals surface area contributed by atoms with E-state index in [1.165, 1.54) is 0 Å². The molecule has 4 nitrogen and oxygen atoms in total. The first-order valence-corrected chi connectivity index (χ1v) is 11.4. The van der Waals surface area contributed by atoms with Gasteiger partial charge in [-0.2, -0.15) is 0 Å². The number of nitrogen functional groups attached to an aromatic ring is 1. The highest BCUT2D eigenvalue weighted by Crippen LogP contribution is 2.32. The van der Waals surface area contributed by atoms with E-state index < -0.39 is 0 Å². The number of nitrogens with zero attached hydrogens (tertiary/aromatic N) is 1. The molecule has 0 aromatic heterocycles. The maximum Gasteiger partial charge on any atom is 0.256 e. The molecule has 0 fully saturated rings. The van der Waals surface area contributed by atoms with Crippen LogP contribution in [-0.2, 0) is 6.42 Å². The monoisotopic (exact) mass is 551 g/mol. The molecule has 0 saturated carbocycles. The number of amides is 1. The average molecular weight is 552 g/mol. The Labute approximate surface area is 199 Å². The summed E-state index contributed by atoms with van der Waals surface area (Å²) in [5.74, 6) is 0.000927. The van der Waals surface area contributed by atoms with Crippen LogP contribution in [-0.4, -0.2) is 23.9 Å². The van der Waals surface area contributed by atoms with Gasteiger partial charge in [0, 0.05) is 38.1 Å². The predicted molar refractivity (Wildman–Crippen MR) is 132 cm³/mol. The Balaban J connectivity index is 1.69. The van der Waals surface area contributed by atoms with Gasteiger partial charge >= 0.3 is 0 Å². The molecule has 0 spiro atoms. The molecule has 0 aliphatic carbocycles. The second-order valence-electron chi connectivity index (χ2n) is 7.23. The van der Waals surface area contributed by atoms with Crippen LogP contribution < -0.4 is 11.1 Å². The fraction of sp³-hybridized carbons (Fsp3) is 0.174. The Bertz CT molecular complexity index is 1090. The van der Waals surface area contributed by atoms with Gasteiger partial charge in [0.2, 0.25) is 0 Å². The van der Waals surface area contributed by atoms with Gasteiger partial charge in [0.05, 0.1) is 11.6 Å². The van der Waals surface area contributed by atoms with Crippen molar-refractivity contribution in [3.8, 4) is 0 Å². The lowest BCUT2D eigenvalue weighted by molar-refractivity contribution is 0.0695. The smallest absolute Gasteiger partial charge is 0.256 e. The van der Waals surface area contributed by atoms with E-state index in [0.717, 1.165) is 20.4 Å². The normalized spacial score (nSPS) is 16.0. The number of carbonyl (C=O) groups excluding carboxylic acids is 1. The summed E-state index contributed by atoms with van der Waals surface area (Å²) in [6.45, 7) is 1.14. The van der Waals surface area contributed by atoms with E-state index in [-0.39, 0.29) is 11.9 Å². The summed E-state index contributed by atoms with van der Waals surface area (Å²) in [5, 5.41) is 4.73. The topological polar surface area (TPSA) is 58.4 Å². The van der Waals surface area contributed by atoms with Gasteiger partial charge in [0.15, 0.2) is 0 Å². The number of hydrogen-bond donors (Lipinski definition) is 2. The predicted octanol–water partition coefficient (Wildman–Crippen LogP) is 6.03. The molecule has 1 unspecified atom stereocenters. The van der Waals surface area contributed by atoms with Crippen LogP contribution in [0.15, 0.2) is 60.7 Å². The molecule has 154 valence electrons. The fourth-order valence-corrected chi connectivity index (χ4v) is 4.53. The molecule has 1 amide bonds. The molecule has 3 aromatic carbocycles. The Kier molecular flexibility index (Phi) is 6.41. The average Bonchev–Trinajstić information content (AvgIpc) is 2.85. The van der Waals surface area contributed by atoms with E-state index in [0.29, 0.717) is 40.8 Å². The number of nitrogens with two attached hydrogens (primary N) is 1. The number of carbonyl (C=O) groups is 1. The van der Waals surface area contributed by atoms with Crippen molar-refractivity contribution in [2.24, 2.45) is 0 Å². The molecule has 3 N–H and O–H groups in total. The molecular weight excluding hydrogens is 532 g/mol. The molecule has 4 rings (SSSR count). The van der Waals surface area contributed by atoms with Crippen molar-refractivity contribution in [3.05, 3.63) is 91.0 Å². The number of hydrogen-bond acceptors (Lipinski definition) is 3. The Morgan fingerprint density at radius 3 is 2.50 bits per heavy atom. The molecule has 7 heteroatoms. The van der Waals surface area contributed by atoms with Gasteiger partial charge in [-0.3, -0.25) is 4.79 Å². The molecular formula is C23H20Cl2IN3O. The molecule has 0 bridgehead atoms. The third-order valence-corrected chi connectivity index (χ3v) is 6.48. The van der Waals surface area contributed by atoms with Gasteiger partial charge in [-0.15, -0.1) is 0 Å². The summed E-state index contributed by atoms with van der Waals surface area (Å²) in [4.78, 5) is 15.5. The maximum atomic E-state index is 13.6. The second kappa shape index (κ2) is 9.04. The highest BCUT2D eigenvalue weighted by molar-refractivity contribution is 14.1. The van der Waals surface area contributed by atoms with E-state index in [2.05, 4.69) is 27.9 Å². The third-order valence-electron chi connectivity index (χ3n) is 5.32. The summed E-state index contributed by atoms with van der Waals surface area (Å²) in [7, 11) is 0. The van der Waals surface area contributed by atoms with Crippen molar-refractivity contribution in [1.29, 1.82) is 0 Å². The summed E-state index contributed by atoms with van der Waals surface area (Å²) >= 11 is 14.4. The van der Waals surface area contributed by atoms with Crippen molar-refractivity contribution in [2.75, 3.05) is 24.1 Å². The number of rotatable bonds is 4. The summed E-state index contributed by atoms with van der Waals surface area (Å²) in [5.41, 5.74) is 10.3. The summed E-state index contributed by atoms with van der Waals surface area (Å²) in [6, 6.07) is 18.9. The minimum Gasteiger partial charge on any atom is -0.398 e. The van der Waals surface area contributed by atoms with Crippen LogP contribution >= 0.6 is 45.8 Å². The van der Waals surface area contributed by atoms with Crippen LogP contribution in [0.5, 0.6) is 0 Å². The zero-order chi connectivity index (χ0) is 21.3. The molecule has 30 heavy (non-hydrogen) atoms. The van der Waals surface area contributed by atoms with Crippen molar-refractivity contribution < 1.29 is 4.79 Å². The number of halogens is 3. The Morgan fingerprint density at radius 2 is 1.77 bits per heavy atom. The standard InChI is InChI=1S/C23H20Cl2IN3O/c24-16-4-2-15(3-5-16)22-13-28-21-8-7-18(26)12-19(21)23(30)29(22)10-9-14-1-6-17(25)11-20(14)27/h1-8,11-12,22,28H,9-10,13,27H2. The lowest BCUT2D eigenvalue weighted by Crippen LogP contribution is -2.37. The van der Waals surface area contributed by atoms with Crippen LogP contribution in [0.3, 0.4) is 0 Å². The van der Waals surface area contributed by atoms with E-state index in [9.17, 15) is 4.79 Å². The van der Waals surface area contributed by atoms with Gasteiger partial charge in [-0.1, -0.05) is 41.4 Å². The maximum absolute atomic E-state index is 13.6. The molecule has 1 atom stereocenters. The van der Waals surface area contributed by atoms with Crippen LogP contribution in [0.4, 0.5) is 11.4 Å². The largest absolute Gasteiger partial charge is 0.398 e. The zero-order valence-electron chi connectivity index (χ0n) is 16.0. The van der Waals surface area contributed by atoms with Gasteiger partial charge in [-0.05, 0) is 82.6 Å². The highest BCUT2D eigenvalue weighted by Gasteiger charge is 2.31.